The molecular formula is C12H9N. The Labute approximate surface area is 77.1 Å². The third kappa shape index (κ3) is 0.903. The zero-order chi connectivity index (χ0) is 8.67. The zero-order valence-corrected chi connectivity index (χ0v) is 7.14. The van der Waals surface area contributed by atoms with Gasteiger partial charge in [0.25, 0.3) is 0 Å². The lowest BCUT2D eigenvalue weighted by Gasteiger charge is -2.10. The summed E-state index contributed by atoms with van der Waals surface area (Å²) in [6.07, 6.45) is 8.24. The van der Waals surface area contributed by atoms with Crippen LogP contribution >= 0.6 is 0 Å². The van der Waals surface area contributed by atoms with Crippen LogP contribution in [0.4, 0.5) is 0 Å². The lowest BCUT2D eigenvalue weighted by molar-refractivity contribution is 0.998. The molecular weight excluding hydrogens is 158 g/mol. The monoisotopic (exact) mass is 167 g/mol. The van der Waals surface area contributed by atoms with E-state index in [-0.39, 0.29) is 0 Å². The Balaban J connectivity index is 2.22. The Morgan fingerprint density at radius 1 is 1.15 bits per heavy atom. The molecule has 0 saturated heterocycles. The third-order valence-corrected chi connectivity index (χ3v) is 2.57. The summed E-state index contributed by atoms with van der Waals surface area (Å²) >= 11 is 0. The predicted octanol–water partition coefficient (Wildman–Crippen LogP) is 2.77. The summed E-state index contributed by atoms with van der Waals surface area (Å²) in [6.45, 7) is 0. The molecule has 1 heterocycles. The number of fused-ring (bicyclic) bond motifs is 3. The number of hydrogen-bond acceptors (Lipinski definition) is 1. The first-order chi connectivity index (χ1) is 6.45. The quantitative estimate of drug-likeness (QED) is 0.563. The Morgan fingerprint density at radius 2 is 2.08 bits per heavy atom. The summed E-state index contributed by atoms with van der Waals surface area (Å²) in [4.78, 5) is 4.36. The Bertz CT molecular complexity index is 438. The largest absolute Gasteiger partial charge is 0.260 e. The molecule has 13 heavy (non-hydrogen) atoms. The van der Waals surface area contributed by atoms with E-state index in [4.69, 9.17) is 0 Å². The molecule has 0 N–H and O–H groups in total. The third-order valence-electron chi connectivity index (χ3n) is 2.57. The van der Waals surface area contributed by atoms with Crippen LogP contribution in [0.5, 0.6) is 0 Å². The summed E-state index contributed by atoms with van der Waals surface area (Å²) in [5.74, 6) is 0.404. The summed E-state index contributed by atoms with van der Waals surface area (Å²) in [5, 5.41) is 0. The second-order valence-electron chi connectivity index (χ2n) is 3.34. The van der Waals surface area contributed by atoms with E-state index in [1.807, 2.05) is 12.3 Å². The summed E-state index contributed by atoms with van der Waals surface area (Å²) in [5.41, 5.74) is 3.86. The number of nitrogens with zero attached hydrogens (tertiary/aromatic N) is 1. The number of allylic oxidation sites excluding steroid dienone is 2. The smallest absolute Gasteiger partial charge is 0.0522 e. The average molecular weight is 167 g/mol. The van der Waals surface area contributed by atoms with Crippen LogP contribution in [-0.4, -0.2) is 6.21 Å². The molecule has 1 aromatic rings. The van der Waals surface area contributed by atoms with Crippen molar-refractivity contribution in [1.29, 1.82) is 0 Å². The van der Waals surface area contributed by atoms with E-state index in [2.05, 4.69) is 41.4 Å². The maximum absolute atomic E-state index is 4.36. The van der Waals surface area contributed by atoms with Crippen molar-refractivity contribution >= 4 is 12.3 Å². The average Bonchev–Trinajstić information content (AvgIpc) is 2.56. The molecule has 3 rings (SSSR count). The van der Waals surface area contributed by atoms with Crippen LogP contribution in [0.3, 0.4) is 0 Å². The highest BCUT2D eigenvalue weighted by Crippen LogP contribution is 2.38. The van der Waals surface area contributed by atoms with Crippen molar-refractivity contribution in [3.8, 4) is 0 Å². The first-order valence-corrected chi connectivity index (χ1v) is 4.46. The molecule has 0 bridgehead atoms. The van der Waals surface area contributed by atoms with Gasteiger partial charge in [0, 0.05) is 12.1 Å². The molecule has 0 spiro atoms. The fourth-order valence-electron chi connectivity index (χ4n) is 1.94. The molecule has 0 aromatic heterocycles. The number of benzene rings is 1. The van der Waals surface area contributed by atoms with E-state index in [0.717, 1.165) is 0 Å². The van der Waals surface area contributed by atoms with Crippen LogP contribution in [0.2, 0.25) is 0 Å². The fraction of sp³-hybridized carbons (Fsp3) is 0.0833. The molecule has 0 fully saturated rings. The van der Waals surface area contributed by atoms with E-state index in [9.17, 15) is 0 Å². The summed E-state index contributed by atoms with van der Waals surface area (Å²) < 4.78 is 0. The maximum atomic E-state index is 4.36. The highest BCUT2D eigenvalue weighted by Gasteiger charge is 2.22. The van der Waals surface area contributed by atoms with Crippen LogP contribution in [0.25, 0.3) is 6.08 Å². The van der Waals surface area contributed by atoms with Crippen LogP contribution in [-0.2, 0) is 0 Å². The maximum Gasteiger partial charge on any atom is 0.0522 e. The molecule has 1 atom stereocenters. The van der Waals surface area contributed by atoms with Crippen molar-refractivity contribution in [2.45, 2.75) is 5.92 Å². The van der Waals surface area contributed by atoms with Crippen molar-refractivity contribution in [2.75, 3.05) is 0 Å². The van der Waals surface area contributed by atoms with Gasteiger partial charge in [0.05, 0.1) is 5.70 Å². The molecule has 2 aliphatic rings. The van der Waals surface area contributed by atoms with Crippen molar-refractivity contribution in [1.82, 2.24) is 0 Å². The zero-order valence-electron chi connectivity index (χ0n) is 7.14. The fourth-order valence-corrected chi connectivity index (χ4v) is 1.94. The molecule has 0 radical (unpaired) electrons. The minimum atomic E-state index is 0.404. The summed E-state index contributed by atoms with van der Waals surface area (Å²) in [6, 6.07) is 8.47. The molecule has 1 unspecified atom stereocenters. The number of aliphatic imine (C=N–C) groups is 1. The Kier molecular flexibility index (Phi) is 1.28. The first-order valence-electron chi connectivity index (χ1n) is 4.46. The van der Waals surface area contributed by atoms with Gasteiger partial charge in [-0.2, -0.15) is 0 Å². The molecule has 1 aliphatic carbocycles. The minimum Gasteiger partial charge on any atom is -0.260 e. The van der Waals surface area contributed by atoms with Crippen molar-refractivity contribution < 1.29 is 0 Å². The van der Waals surface area contributed by atoms with Crippen LogP contribution < -0.4 is 0 Å². The number of dihydropyridines is 1. The molecule has 62 valence electrons. The van der Waals surface area contributed by atoms with E-state index >= 15 is 0 Å². The van der Waals surface area contributed by atoms with E-state index in [1.165, 1.54) is 16.8 Å². The van der Waals surface area contributed by atoms with Crippen LogP contribution in [0, 0.1) is 0 Å². The lowest BCUT2D eigenvalue weighted by atomic mass is 9.98. The predicted molar refractivity (Wildman–Crippen MR) is 54.8 cm³/mol. The SMILES string of the molecule is C1=CC2C(=Cc3ccccc32)N=C1. The van der Waals surface area contributed by atoms with E-state index in [1.54, 1.807) is 0 Å². The lowest BCUT2D eigenvalue weighted by Crippen LogP contribution is -1.96. The van der Waals surface area contributed by atoms with Gasteiger partial charge in [0.1, 0.15) is 0 Å². The Morgan fingerprint density at radius 3 is 3.08 bits per heavy atom. The second kappa shape index (κ2) is 2.43. The molecule has 0 amide bonds. The summed E-state index contributed by atoms with van der Waals surface area (Å²) in [7, 11) is 0. The van der Waals surface area contributed by atoms with Gasteiger partial charge in [-0.1, -0.05) is 30.3 Å². The molecule has 0 saturated carbocycles. The van der Waals surface area contributed by atoms with Crippen molar-refractivity contribution in [2.24, 2.45) is 4.99 Å². The van der Waals surface area contributed by atoms with Gasteiger partial charge in [-0.3, -0.25) is 4.99 Å². The van der Waals surface area contributed by atoms with Crippen LogP contribution in [0.1, 0.15) is 17.0 Å². The first kappa shape index (κ1) is 6.84. The molecule has 1 nitrogen and oxygen atoms in total. The van der Waals surface area contributed by atoms with Gasteiger partial charge in [-0.05, 0) is 23.3 Å². The second-order valence-corrected chi connectivity index (χ2v) is 3.34. The number of hydrogen-bond donors (Lipinski definition) is 0. The highest BCUT2D eigenvalue weighted by atomic mass is 14.8. The highest BCUT2D eigenvalue weighted by molar-refractivity contribution is 5.79. The van der Waals surface area contributed by atoms with Gasteiger partial charge in [-0.15, -0.1) is 0 Å². The van der Waals surface area contributed by atoms with Crippen LogP contribution in [0.15, 0.2) is 47.1 Å². The molecule has 1 heteroatoms. The molecule has 1 aromatic carbocycles. The van der Waals surface area contributed by atoms with Gasteiger partial charge in [0.15, 0.2) is 0 Å². The minimum absolute atomic E-state index is 0.404. The standard InChI is InChI=1S/C12H9N/c1-2-5-10-9(4-1)8-12-11(10)6-3-7-13-12/h1-8,11H. The number of rotatable bonds is 0. The topological polar surface area (TPSA) is 12.4 Å². The van der Waals surface area contributed by atoms with Gasteiger partial charge >= 0.3 is 0 Å². The van der Waals surface area contributed by atoms with Gasteiger partial charge in [0.2, 0.25) is 0 Å². The molecule has 1 aliphatic heterocycles. The van der Waals surface area contributed by atoms with Gasteiger partial charge < -0.3 is 0 Å². The van der Waals surface area contributed by atoms with Gasteiger partial charge in [-0.25, -0.2) is 0 Å². The van der Waals surface area contributed by atoms with E-state index < -0.39 is 0 Å². The van der Waals surface area contributed by atoms with Crippen molar-refractivity contribution in [3.05, 3.63) is 53.2 Å². The van der Waals surface area contributed by atoms with E-state index in [0.29, 0.717) is 5.92 Å². The van der Waals surface area contributed by atoms with Crippen molar-refractivity contribution in [3.63, 3.8) is 0 Å². The normalized spacial score (nSPS) is 22.5. The Hall–Kier alpha value is -1.63.